The molecular formula is C25H31ClN2O2. The molecule has 0 radical (unpaired) electrons. The highest BCUT2D eigenvalue weighted by Gasteiger charge is 2.24. The molecule has 3 aromatic rings. The van der Waals surface area contributed by atoms with Crippen LogP contribution in [0.25, 0.3) is 10.8 Å². The summed E-state index contributed by atoms with van der Waals surface area (Å²) in [6, 6.07) is 16.1. The molecule has 4 nitrogen and oxygen atoms in total. The lowest BCUT2D eigenvalue weighted by atomic mass is 9.83. The molecule has 1 aromatic heterocycles. The topological polar surface area (TPSA) is 68.1 Å². The minimum absolute atomic E-state index is 0.130. The van der Waals surface area contributed by atoms with E-state index in [1.807, 2.05) is 12.1 Å². The zero-order valence-electron chi connectivity index (χ0n) is 17.6. The van der Waals surface area contributed by atoms with Gasteiger partial charge in [-0.05, 0) is 73.7 Å². The van der Waals surface area contributed by atoms with E-state index in [9.17, 15) is 4.79 Å². The summed E-state index contributed by atoms with van der Waals surface area (Å²) >= 11 is 6.34. The number of aromatic amines is 1. The number of hydrogen-bond acceptors (Lipinski definition) is 3. The van der Waals surface area contributed by atoms with E-state index in [-0.39, 0.29) is 11.7 Å². The molecule has 2 aromatic carbocycles. The zero-order chi connectivity index (χ0) is 21.3. The van der Waals surface area contributed by atoms with E-state index >= 15 is 0 Å². The highest BCUT2D eigenvalue weighted by Crippen LogP contribution is 2.36. The zero-order valence-corrected chi connectivity index (χ0v) is 18.3. The van der Waals surface area contributed by atoms with Crippen molar-refractivity contribution in [1.29, 1.82) is 0 Å². The number of pyridine rings is 1. The van der Waals surface area contributed by atoms with Crippen LogP contribution in [-0.4, -0.2) is 17.6 Å². The molecule has 0 aliphatic heterocycles. The Hall–Kier alpha value is -2.30. The normalized spacial score (nSPS) is 18.5. The summed E-state index contributed by atoms with van der Waals surface area (Å²) in [6.07, 6.45) is 8.49. The summed E-state index contributed by atoms with van der Waals surface area (Å²) < 4.78 is 6.17. The largest absolute Gasteiger partial charge is 0.489 e. The SMILES string of the molecule is CCCCN.O=c1[nH]ccc2cc(OC3CCC(c4ccccc4)CC3)c(Cl)cc12. The van der Waals surface area contributed by atoms with Crippen LogP contribution in [0.15, 0.2) is 59.5 Å². The van der Waals surface area contributed by atoms with Gasteiger partial charge in [0.25, 0.3) is 5.56 Å². The quantitative estimate of drug-likeness (QED) is 0.523. The van der Waals surface area contributed by atoms with Gasteiger partial charge in [-0.15, -0.1) is 0 Å². The predicted octanol–water partition coefficient (Wildman–Crippen LogP) is 6.03. The van der Waals surface area contributed by atoms with Gasteiger partial charge in [-0.2, -0.15) is 0 Å². The minimum atomic E-state index is -0.130. The van der Waals surface area contributed by atoms with Crippen molar-refractivity contribution in [2.45, 2.75) is 57.5 Å². The smallest absolute Gasteiger partial charge is 0.255 e. The maximum atomic E-state index is 11.8. The molecule has 0 saturated heterocycles. The number of benzene rings is 2. The third-order valence-electron chi connectivity index (χ3n) is 5.62. The number of fused-ring (bicyclic) bond motifs is 1. The maximum Gasteiger partial charge on any atom is 0.255 e. The van der Waals surface area contributed by atoms with E-state index in [1.54, 1.807) is 12.3 Å². The summed E-state index contributed by atoms with van der Waals surface area (Å²) in [4.78, 5) is 14.5. The number of hydrogen-bond donors (Lipinski definition) is 2. The molecule has 160 valence electrons. The molecular weight excluding hydrogens is 396 g/mol. The molecule has 0 amide bonds. The second kappa shape index (κ2) is 11.2. The van der Waals surface area contributed by atoms with Crippen LogP contribution in [0.4, 0.5) is 0 Å². The lowest BCUT2D eigenvalue weighted by Crippen LogP contribution is -2.23. The lowest BCUT2D eigenvalue weighted by molar-refractivity contribution is 0.147. The molecule has 30 heavy (non-hydrogen) atoms. The molecule has 0 bridgehead atoms. The molecule has 1 heterocycles. The molecule has 0 unspecified atom stereocenters. The average molecular weight is 427 g/mol. The van der Waals surface area contributed by atoms with Crippen LogP contribution in [0.2, 0.25) is 5.02 Å². The Kier molecular flexibility index (Phi) is 8.35. The highest BCUT2D eigenvalue weighted by atomic mass is 35.5. The Morgan fingerprint density at radius 3 is 2.47 bits per heavy atom. The number of H-pyrrole nitrogens is 1. The van der Waals surface area contributed by atoms with Crippen LogP contribution >= 0.6 is 11.6 Å². The van der Waals surface area contributed by atoms with Crippen LogP contribution in [0.3, 0.4) is 0 Å². The number of nitrogens with one attached hydrogen (secondary N) is 1. The molecule has 1 saturated carbocycles. The van der Waals surface area contributed by atoms with E-state index < -0.39 is 0 Å². The highest BCUT2D eigenvalue weighted by molar-refractivity contribution is 6.32. The van der Waals surface area contributed by atoms with Crippen LogP contribution < -0.4 is 16.0 Å². The Bertz CT molecular complexity index is 977. The van der Waals surface area contributed by atoms with Crippen molar-refractivity contribution in [3.8, 4) is 5.75 Å². The number of rotatable bonds is 5. The Morgan fingerprint density at radius 2 is 1.83 bits per heavy atom. The Balaban J connectivity index is 0.000000461. The third-order valence-corrected chi connectivity index (χ3v) is 5.92. The summed E-state index contributed by atoms with van der Waals surface area (Å²) in [5, 5.41) is 1.93. The summed E-state index contributed by atoms with van der Waals surface area (Å²) in [5.74, 6) is 1.29. The van der Waals surface area contributed by atoms with Gasteiger partial charge in [-0.3, -0.25) is 4.79 Å². The van der Waals surface area contributed by atoms with E-state index in [0.717, 1.165) is 37.6 Å². The van der Waals surface area contributed by atoms with Gasteiger partial charge in [-0.25, -0.2) is 0 Å². The molecule has 1 fully saturated rings. The number of unbranched alkanes of at least 4 members (excludes halogenated alkanes) is 1. The summed E-state index contributed by atoms with van der Waals surface area (Å²) in [5.41, 5.74) is 6.43. The van der Waals surface area contributed by atoms with E-state index in [1.165, 1.54) is 18.4 Å². The molecule has 3 N–H and O–H groups in total. The fourth-order valence-corrected chi connectivity index (χ4v) is 4.11. The van der Waals surface area contributed by atoms with Crippen molar-refractivity contribution < 1.29 is 4.74 Å². The maximum absolute atomic E-state index is 11.8. The van der Waals surface area contributed by atoms with Gasteiger partial charge in [0, 0.05) is 11.6 Å². The standard InChI is InChI=1S/C21H20ClNO2.C4H11N/c22-19-13-18-16(10-11-23-21(18)24)12-20(19)25-17-8-6-15(7-9-17)14-4-2-1-3-5-14;1-2-3-4-5/h1-5,10-13,15,17H,6-9H2,(H,23,24);2-5H2,1H3. The number of nitrogens with two attached hydrogens (primary N) is 1. The molecule has 1 aliphatic carbocycles. The van der Waals surface area contributed by atoms with Gasteiger partial charge < -0.3 is 15.5 Å². The predicted molar refractivity (Wildman–Crippen MR) is 126 cm³/mol. The van der Waals surface area contributed by atoms with Gasteiger partial charge >= 0.3 is 0 Å². The van der Waals surface area contributed by atoms with Crippen LogP contribution in [0.5, 0.6) is 5.75 Å². The monoisotopic (exact) mass is 426 g/mol. The second-order valence-electron chi connectivity index (χ2n) is 7.82. The molecule has 0 atom stereocenters. The molecule has 0 spiro atoms. The van der Waals surface area contributed by atoms with Crippen molar-refractivity contribution in [1.82, 2.24) is 4.98 Å². The number of ether oxygens (including phenoxy) is 1. The van der Waals surface area contributed by atoms with Gasteiger partial charge in [0.05, 0.1) is 11.1 Å². The van der Waals surface area contributed by atoms with Crippen LogP contribution in [0, 0.1) is 0 Å². The van der Waals surface area contributed by atoms with Gasteiger partial charge in [0.2, 0.25) is 0 Å². The van der Waals surface area contributed by atoms with E-state index in [2.05, 4.69) is 42.2 Å². The van der Waals surface area contributed by atoms with Gasteiger partial charge in [0.1, 0.15) is 5.75 Å². The fraction of sp³-hybridized carbons (Fsp3) is 0.400. The van der Waals surface area contributed by atoms with Crippen molar-refractivity contribution in [2.75, 3.05) is 6.54 Å². The molecule has 1 aliphatic rings. The fourth-order valence-electron chi connectivity index (χ4n) is 3.90. The first-order chi connectivity index (χ1) is 14.6. The first-order valence-corrected chi connectivity index (χ1v) is 11.2. The minimum Gasteiger partial charge on any atom is -0.489 e. The van der Waals surface area contributed by atoms with Gasteiger partial charge in [-0.1, -0.05) is 55.3 Å². The molecule has 5 heteroatoms. The van der Waals surface area contributed by atoms with E-state index in [0.29, 0.717) is 22.1 Å². The first-order valence-electron chi connectivity index (χ1n) is 10.8. The summed E-state index contributed by atoms with van der Waals surface area (Å²) in [7, 11) is 0. The van der Waals surface area contributed by atoms with Crippen molar-refractivity contribution in [3.63, 3.8) is 0 Å². The Labute approximate surface area is 183 Å². The lowest BCUT2D eigenvalue weighted by Gasteiger charge is -2.29. The van der Waals surface area contributed by atoms with Crippen molar-refractivity contribution in [2.24, 2.45) is 5.73 Å². The van der Waals surface area contributed by atoms with Crippen LogP contribution in [0.1, 0.15) is 56.9 Å². The number of aromatic nitrogens is 1. The number of halogens is 1. The average Bonchev–Trinajstić information content (AvgIpc) is 2.77. The third kappa shape index (κ3) is 5.87. The van der Waals surface area contributed by atoms with E-state index in [4.69, 9.17) is 22.1 Å². The van der Waals surface area contributed by atoms with Crippen LogP contribution in [-0.2, 0) is 0 Å². The van der Waals surface area contributed by atoms with Crippen molar-refractivity contribution in [3.05, 3.63) is 75.7 Å². The summed E-state index contributed by atoms with van der Waals surface area (Å²) in [6.45, 7) is 2.98. The first kappa shape index (κ1) is 22.4. The van der Waals surface area contributed by atoms with Crippen molar-refractivity contribution >= 4 is 22.4 Å². The molecule has 4 rings (SSSR count). The van der Waals surface area contributed by atoms with Gasteiger partial charge in [0.15, 0.2) is 0 Å². The Morgan fingerprint density at radius 1 is 1.10 bits per heavy atom. The second-order valence-corrected chi connectivity index (χ2v) is 8.23.